The first-order valence-electron chi connectivity index (χ1n) is 11.7. The maximum atomic E-state index is 12.9. The topological polar surface area (TPSA) is 49.8 Å². The number of rotatable bonds is 10. The second kappa shape index (κ2) is 11.8. The summed E-state index contributed by atoms with van der Waals surface area (Å²) in [5.74, 6) is 0.0859. The Morgan fingerprint density at radius 1 is 0.848 bits per heavy atom. The average Bonchev–Trinajstić information content (AvgIpc) is 2.82. The minimum Gasteiger partial charge on any atom is -0.423 e. The molecule has 0 aliphatic rings. The fourth-order valence-electron chi connectivity index (χ4n) is 4.50. The second-order valence-electron chi connectivity index (χ2n) is 8.92. The van der Waals surface area contributed by atoms with Crippen molar-refractivity contribution >= 4 is 5.97 Å². The summed E-state index contributed by atoms with van der Waals surface area (Å²) in [5, 5.41) is 10.2. The molecule has 0 saturated heterocycles. The Bertz CT molecular complexity index is 1010. The summed E-state index contributed by atoms with van der Waals surface area (Å²) in [6.07, 6.45) is 0.841. The van der Waals surface area contributed by atoms with E-state index in [1.165, 1.54) is 0 Å². The number of esters is 1. The van der Waals surface area contributed by atoms with Crippen LogP contribution in [0, 0.1) is 0 Å². The van der Waals surface area contributed by atoms with Gasteiger partial charge in [-0.3, -0.25) is 4.90 Å². The summed E-state index contributed by atoms with van der Waals surface area (Å²) in [6.45, 7) is 9.63. The van der Waals surface area contributed by atoms with Crippen molar-refractivity contribution in [2.24, 2.45) is 0 Å². The molecule has 33 heavy (non-hydrogen) atoms. The predicted molar refractivity (Wildman–Crippen MR) is 134 cm³/mol. The van der Waals surface area contributed by atoms with Gasteiger partial charge in [0.2, 0.25) is 0 Å². The van der Waals surface area contributed by atoms with Crippen LogP contribution >= 0.6 is 0 Å². The molecule has 4 heteroatoms. The third-order valence-corrected chi connectivity index (χ3v) is 6.09. The molecule has 0 spiro atoms. The van der Waals surface area contributed by atoms with Crippen LogP contribution in [-0.4, -0.2) is 34.6 Å². The highest BCUT2D eigenvalue weighted by atomic mass is 16.5. The van der Waals surface area contributed by atoms with Gasteiger partial charge in [0, 0.05) is 23.6 Å². The van der Waals surface area contributed by atoms with Crippen LogP contribution in [0.1, 0.15) is 67.1 Å². The Balaban J connectivity index is 2.02. The number of carbonyl (C=O) groups is 1. The van der Waals surface area contributed by atoms with Crippen molar-refractivity contribution in [1.82, 2.24) is 4.90 Å². The monoisotopic (exact) mass is 445 g/mol. The molecule has 0 radical (unpaired) electrons. The van der Waals surface area contributed by atoms with E-state index in [1.54, 1.807) is 12.1 Å². The van der Waals surface area contributed by atoms with Gasteiger partial charge in [-0.15, -0.1) is 0 Å². The van der Waals surface area contributed by atoms with E-state index in [2.05, 4.69) is 44.7 Å². The van der Waals surface area contributed by atoms with Gasteiger partial charge < -0.3 is 9.84 Å². The normalized spacial score (nSPS) is 12.4. The van der Waals surface area contributed by atoms with Gasteiger partial charge in [0.05, 0.1) is 12.2 Å². The predicted octanol–water partition coefficient (Wildman–Crippen LogP) is 6.04. The van der Waals surface area contributed by atoms with E-state index in [-0.39, 0.29) is 12.5 Å². The van der Waals surface area contributed by atoms with E-state index in [1.807, 2.05) is 54.6 Å². The van der Waals surface area contributed by atoms with Crippen LogP contribution in [0.2, 0.25) is 0 Å². The average molecular weight is 446 g/mol. The first-order valence-corrected chi connectivity index (χ1v) is 11.7. The van der Waals surface area contributed by atoms with Crippen molar-refractivity contribution in [2.45, 2.75) is 58.7 Å². The highest BCUT2D eigenvalue weighted by Crippen LogP contribution is 2.38. The van der Waals surface area contributed by atoms with E-state index in [4.69, 9.17) is 4.74 Å². The Morgan fingerprint density at radius 2 is 1.45 bits per heavy atom. The summed E-state index contributed by atoms with van der Waals surface area (Å²) >= 11 is 0. The molecule has 0 heterocycles. The van der Waals surface area contributed by atoms with E-state index in [0.29, 0.717) is 23.4 Å². The van der Waals surface area contributed by atoms with Crippen LogP contribution in [-0.2, 0) is 6.61 Å². The zero-order chi connectivity index (χ0) is 23.8. The van der Waals surface area contributed by atoms with Crippen LogP contribution in [0.4, 0.5) is 0 Å². The van der Waals surface area contributed by atoms with Crippen molar-refractivity contribution < 1.29 is 14.6 Å². The summed E-state index contributed by atoms with van der Waals surface area (Å²) in [6, 6.07) is 25.7. The zero-order valence-corrected chi connectivity index (χ0v) is 20.1. The molecular formula is C29H35NO3. The lowest BCUT2D eigenvalue weighted by Crippen LogP contribution is -2.38. The van der Waals surface area contributed by atoms with Crippen molar-refractivity contribution in [3.05, 3.63) is 101 Å². The lowest BCUT2D eigenvalue weighted by atomic mass is 9.84. The number of hydrogen-bond acceptors (Lipinski definition) is 4. The van der Waals surface area contributed by atoms with Gasteiger partial charge in [-0.05, 0) is 70.0 Å². The number of aliphatic hydroxyl groups is 1. The van der Waals surface area contributed by atoms with Crippen molar-refractivity contribution in [1.29, 1.82) is 0 Å². The largest absolute Gasteiger partial charge is 0.423 e. The lowest BCUT2D eigenvalue weighted by molar-refractivity contribution is 0.0732. The number of nitrogens with zero attached hydrogens (tertiary/aromatic N) is 1. The van der Waals surface area contributed by atoms with E-state index in [9.17, 15) is 9.90 Å². The van der Waals surface area contributed by atoms with E-state index < -0.39 is 5.97 Å². The van der Waals surface area contributed by atoms with Gasteiger partial charge in [-0.25, -0.2) is 4.79 Å². The Morgan fingerprint density at radius 3 is 2.03 bits per heavy atom. The van der Waals surface area contributed by atoms with Gasteiger partial charge in [-0.2, -0.15) is 0 Å². The molecule has 0 saturated carbocycles. The lowest BCUT2D eigenvalue weighted by Gasteiger charge is -2.33. The highest BCUT2D eigenvalue weighted by Gasteiger charge is 2.25. The first-order chi connectivity index (χ1) is 15.9. The number of aliphatic hydroxyl groups excluding tert-OH is 1. The van der Waals surface area contributed by atoms with Crippen molar-refractivity contribution in [3.63, 3.8) is 0 Å². The van der Waals surface area contributed by atoms with Crippen molar-refractivity contribution in [3.8, 4) is 5.75 Å². The molecule has 0 aliphatic carbocycles. The smallest absolute Gasteiger partial charge is 0.343 e. The van der Waals surface area contributed by atoms with Crippen LogP contribution < -0.4 is 4.74 Å². The summed E-state index contributed by atoms with van der Waals surface area (Å²) in [7, 11) is 0. The summed E-state index contributed by atoms with van der Waals surface area (Å²) in [4.78, 5) is 15.3. The number of carbonyl (C=O) groups excluding carboxylic acids is 1. The van der Waals surface area contributed by atoms with Gasteiger partial charge >= 0.3 is 5.97 Å². The molecule has 0 fully saturated rings. The molecular weight excluding hydrogens is 410 g/mol. The third kappa shape index (κ3) is 6.31. The van der Waals surface area contributed by atoms with Crippen LogP contribution in [0.5, 0.6) is 5.75 Å². The number of hydrogen-bond donors (Lipinski definition) is 1. The van der Waals surface area contributed by atoms with Crippen LogP contribution in [0.3, 0.4) is 0 Å². The van der Waals surface area contributed by atoms with Crippen LogP contribution in [0.15, 0.2) is 78.9 Å². The fraction of sp³-hybridized carbons (Fsp3) is 0.345. The summed E-state index contributed by atoms with van der Waals surface area (Å²) in [5.41, 5.74) is 3.30. The molecule has 1 atom stereocenters. The Kier molecular flexibility index (Phi) is 8.81. The quantitative estimate of drug-likeness (QED) is 0.305. The Labute approximate surface area is 197 Å². The zero-order valence-electron chi connectivity index (χ0n) is 20.1. The standard InChI is InChI=1S/C29H35NO3/c1-21(2)30(22(3)4)19-18-26(23-12-7-5-8-13-23)28-25(20-31)16-11-17-27(28)33-29(32)24-14-9-6-10-15-24/h5-17,21-22,26,31H,18-20H2,1-4H3. The molecule has 3 aromatic rings. The first kappa shape index (κ1) is 24.7. The molecule has 174 valence electrons. The van der Waals surface area contributed by atoms with Gasteiger partial charge in [0.1, 0.15) is 5.75 Å². The maximum absolute atomic E-state index is 12.9. The number of ether oxygens (including phenoxy) is 1. The highest BCUT2D eigenvalue weighted by molar-refractivity contribution is 5.91. The van der Waals surface area contributed by atoms with Crippen molar-refractivity contribution in [2.75, 3.05) is 6.54 Å². The van der Waals surface area contributed by atoms with Gasteiger partial charge in [0.15, 0.2) is 0 Å². The second-order valence-corrected chi connectivity index (χ2v) is 8.92. The molecule has 3 rings (SSSR count). The third-order valence-electron chi connectivity index (χ3n) is 6.09. The minimum absolute atomic E-state index is 0.0203. The molecule has 3 aromatic carbocycles. The van der Waals surface area contributed by atoms with Crippen LogP contribution in [0.25, 0.3) is 0 Å². The van der Waals surface area contributed by atoms with E-state index >= 15 is 0 Å². The fourth-order valence-corrected chi connectivity index (χ4v) is 4.50. The SMILES string of the molecule is CC(C)N(CCC(c1ccccc1)c1c(CO)cccc1OC(=O)c1ccccc1)C(C)C. The molecule has 0 aliphatic heterocycles. The molecule has 1 unspecified atom stereocenters. The minimum atomic E-state index is -0.398. The summed E-state index contributed by atoms with van der Waals surface area (Å²) < 4.78 is 5.91. The van der Waals surface area contributed by atoms with Gasteiger partial charge in [-0.1, -0.05) is 60.7 Å². The molecule has 0 aromatic heterocycles. The molecule has 1 N–H and O–H groups in total. The molecule has 0 amide bonds. The van der Waals surface area contributed by atoms with Gasteiger partial charge in [0.25, 0.3) is 0 Å². The molecule has 0 bridgehead atoms. The Hall–Kier alpha value is -2.95. The molecule has 4 nitrogen and oxygen atoms in total. The van der Waals surface area contributed by atoms with E-state index in [0.717, 1.165) is 29.7 Å². The number of benzene rings is 3. The maximum Gasteiger partial charge on any atom is 0.343 e.